The lowest BCUT2D eigenvalue weighted by Gasteiger charge is -2.45. The zero-order valence-corrected chi connectivity index (χ0v) is 35.7. The number of benzene rings is 5. The van der Waals surface area contributed by atoms with Gasteiger partial charge in [0.1, 0.15) is 5.54 Å². The molecule has 3 saturated heterocycles. The molecule has 12 nitrogen and oxygen atoms in total. The van der Waals surface area contributed by atoms with Gasteiger partial charge >= 0.3 is 0 Å². The second-order valence-electron chi connectivity index (χ2n) is 16.9. The van der Waals surface area contributed by atoms with Crippen LogP contribution in [0.15, 0.2) is 127 Å². The molecule has 3 aliphatic heterocycles. The summed E-state index contributed by atoms with van der Waals surface area (Å²) in [4.78, 5) is 43.1. The van der Waals surface area contributed by atoms with Crippen LogP contribution in [0.25, 0.3) is 11.1 Å². The monoisotopic (exact) mass is 850 g/mol. The minimum Gasteiger partial charge on any atom is -0.397 e. The zero-order valence-electron chi connectivity index (χ0n) is 35.7. The van der Waals surface area contributed by atoms with Gasteiger partial charge in [0.2, 0.25) is 17.7 Å². The number of likely N-dealkylation sites (tertiary alicyclic amines) is 1. The van der Waals surface area contributed by atoms with Crippen LogP contribution in [0.3, 0.4) is 0 Å². The Labute approximate surface area is 369 Å². The minimum atomic E-state index is -0.615. The summed E-state index contributed by atoms with van der Waals surface area (Å²) >= 11 is 0. The minimum absolute atomic E-state index is 0.0205. The average Bonchev–Trinajstić information content (AvgIpc) is 3.63. The third-order valence-corrected chi connectivity index (χ3v) is 12.6. The van der Waals surface area contributed by atoms with Crippen LogP contribution in [0.2, 0.25) is 0 Å². The predicted octanol–water partition coefficient (Wildman–Crippen LogP) is 7.61. The fourth-order valence-electron chi connectivity index (χ4n) is 9.05. The molecule has 3 aliphatic rings. The van der Waals surface area contributed by atoms with Gasteiger partial charge in [-0.1, -0.05) is 97.4 Å². The van der Waals surface area contributed by atoms with Gasteiger partial charge in [-0.3, -0.25) is 14.4 Å². The highest BCUT2D eigenvalue weighted by molar-refractivity contribution is 5.94. The number of hydrogen-bond acceptors (Lipinski definition) is 9. The van der Waals surface area contributed by atoms with Crippen molar-refractivity contribution in [3.8, 4) is 11.1 Å². The molecule has 0 aromatic heterocycles. The highest BCUT2D eigenvalue weighted by atomic mass is 16.7. The van der Waals surface area contributed by atoms with Crippen LogP contribution in [-0.2, 0) is 37.0 Å². The van der Waals surface area contributed by atoms with Crippen molar-refractivity contribution >= 4 is 34.8 Å². The van der Waals surface area contributed by atoms with E-state index < -0.39 is 11.8 Å². The molecule has 0 unspecified atom stereocenters. The Bertz CT molecular complexity index is 2330. The molecule has 63 heavy (non-hydrogen) atoms. The molecule has 328 valence electrons. The van der Waals surface area contributed by atoms with Crippen LogP contribution in [0.4, 0.5) is 17.1 Å². The predicted molar refractivity (Wildman–Crippen MR) is 245 cm³/mol. The van der Waals surface area contributed by atoms with E-state index in [4.69, 9.17) is 15.2 Å². The third kappa shape index (κ3) is 10.8. The van der Waals surface area contributed by atoms with E-state index in [1.807, 2.05) is 78.9 Å². The average molecular weight is 851 g/mol. The van der Waals surface area contributed by atoms with Crippen molar-refractivity contribution in [2.45, 2.75) is 88.6 Å². The van der Waals surface area contributed by atoms with E-state index in [-0.39, 0.29) is 36.5 Å². The number of para-hydroxylation sites is 3. The second kappa shape index (κ2) is 20.4. The number of nitrogen functional groups attached to an aromatic ring is 1. The molecule has 3 amide bonds. The molecule has 0 bridgehead atoms. The van der Waals surface area contributed by atoms with Crippen LogP contribution in [-0.4, -0.2) is 65.7 Å². The Balaban J connectivity index is 0.874. The molecule has 3 fully saturated rings. The van der Waals surface area contributed by atoms with Gasteiger partial charge < -0.3 is 46.1 Å². The smallest absolute Gasteiger partial charge is 0.247 e. The van der Waals surface area contributed by atoms with E-state index in [1.54, 1.807) is 12.1 Å². The molecule has 0 aliphatic carbocycles. The summed E-state index contributed by atoms with van der Waals surface area (Å²) in [6, 6.07) is 41.8. The molecule has 6 N–H and O–H groups in total. The van der Waals surface area contributed by atoms with Gasteiger partial charge in [0.05, 0.1) is 36.9 Å². The van der Waals surface area contributed by atoms with Crippen molar-refractivity contribution in [1.82, 2.24) is 15.5 Å². The van der Waals surface area contributed by atoms with Gasteiger partial charge in [0, 0.05) is 56.7 Å². The van der Waals surface area contributed by atoms with E-state index >= 15 is 0 Å². The summed E-state index contributed by atoms with van der Waals surface area (Å²) in [5, 5.41) is 18.7. The van der Waals surface area contributed by atoms with E-state index in [0.29, 0.717) is 63.2 Å². The van der Waals surface area contributed by atoms with Crippen molar-refractivity contribution in [1.29, 1.82) is 0 Å². The molecule has 12 heteroatoms. The van der Waals surface area contributed by atoms with Gasteiger partial charge in [-0.15, -0.1) is 0 Å². The first kappa shape index (κ1) is 43.6. The van der Waals surface area contributed by atoms with Crippen LogP contribution < -0.4 is 26.6 Å². The lowest BCUT2D eigenvalue weighted by molar-refractivity contribution is -0.253. The molecule has 8 rings (SSSR count). The van der Waals surface area contributed by atoms with Crippen LogP contribution >= 0.6 is 0 Å². The lowest BCUT2D eigenvalue weighted by atomic mass is 9.85. The first-order valence-corrected chi connectivity index (χ1v) is 22.2. The lowest BCUT2D eigenvalue weighted by Crippen LogP contribution is -2.57. The summed E-state index contributed by atoms with van der Waals surface area (Å²) in [6.45, 7) is 3.16. The number of nitrogens with one attached hydrogen (secondary N) is 3. The van der Waals surface area contributed by atoms with E-state index in [0.717, 1.165) is 71.4 Å². The molecule has 1 spiro atoms. The third-order valence-electron chi connectivity index (χ3n) is 12.6. The van der Waals surface area contributed by atoms with E-state index in [2.05, 4.69) is 62.1 Å². The van der Waals surface area contributed by atoms with Crippen molar-refractivity contribution in [2.24, 2.45) is 0 Å². The summed E-state index contributed by atoms with van der Waals surface area (Å²) in [5.41, 5.74) is 13.4. The quantitative estimate of drug-likeness (QED) is 0.0498. The maximum atomic E-state index is 13.3. The topological polar surface area (TPSA) is 158 Å². The largest absolute Gasteiger partial charge is 0.397 e. The molecular formula is C51H58N6O6. The number of nitrogens with two attached hydrogens (primary N) is 1. The Kier molecular flexibility index (Phi) is 14.1. The van der Waals surface area contributed by atoms with E-state index in [9.17, 15) is 19.5 Å². The number of aliphatic hydroxyl groups is 1. The number of unbranched alkanes of at least 4 members (excludes halogenated alkanes) is 2. The number of amides is 3. The van der Waals surface area contributed by atoms with Gasteiger partial charge in [-0.2, -0.15) is 0 Å². The maximum Gasteiger partial charge on any atom is 0.247 e. The number of nitrogens with zero attached hydrogens (tertiary/aromatic N) is 2. The first-order valence-electron chi connectivity index (χ1n) is 22.2. The number of anilines is 3. The number of rotatable bonds is 16. The van der Waals surface area contributed by atoms with Crippen molar-refractivity contribution < 1.29 is 29.0 Å². The maximum absolute atomic E-state index is 13.3. The van der Waals surface area contributed by atoms with Crippen molar-refractivity contribution in [3.63, 3.8) is 0 Å². The van der Waals surface area contributed by atoms with Gasteiger partial charge in [-0.05, 0) is 89.9 Å². The molecule has 3 heterocycles. The number of carbonyl (C=O) groups is 3. The fourth-order valence-corrected chi connectivity index (χ4v) is 9.05. The Morgan fingerprint density at radius 2 is 1.48 bits per heavy atom. The Morgan fingerprint density at radius 1 is 0.762 bits per heavy atom. The first-order chi connectivity index (χ1) is 30.8. The normalized spacial score (nSPS) is 19.7. The number of aliphatic hydroxyl groups excluding tert-OH is 1. The fraction of sp³-hybridized carbons (Fsp3) is 0.353. The zero-order chi connectivity index (χ0) is 43.6. The summed E-state index contributed by atoms with van der Waals surface area (Å²) in [7, 11) is 0. The van der Waals surface area contributed by atoms with E-state index in [1.165, 1.54) is 0 Å². The van der Waals surface area contributed by atoms with Crippen molar-refractivity contribution in [2.75, 3.05) is 42.3 Å². The molecule has 5 aromatic carbocycles. The van der Waals surface area contributed by atoms with Crippen molar-refractivity contribution in [3.05, 3.63) is 150 Å². The SMILES string of the molecule is Nc1ccccc1NC(=O)CCCCCC(=O)NCc1cccc(-c2cccc([C@@H]3O[C@H](CN4CCC5(CC4)C(=O)NCN5c4ccccc4)C[C@H](c4ccc(CO)cc4)O3)c2)c1. The number of carbonyl (C=O) groups excluding carboxylic acids is 3. The van der Waals surface area contributed by atoms with Gasteiger partial charge in [0.15, 0.2) is 6.29 Å². The molecular weight excluding hydrogens is 793 g/mol. The summed E-state index contributed by atoms with van der Waals surface area (Å²) in [5.74, 6) is 0.000454. The van der Waals surface area contributed by atoms with Crippen LogP contribution in [0, 0.1) is 0 Å². The molecule has 5 aromatic rings. The number of piperidine rings is 1. The van der Waals surface area contributed by atoms with Crippen LogP contribution in [0.1, 0.15) is 86.0 Å². The number of ether oxygens (including phenoxy) is 2. The van der Waals surface area contributed by atoms with Gasteiger partial charge in [0.25, 0.3) is 0 Å². The second-order valence-corrected chi connectivity index (χ2v) is 16.9. The Morgan fingerprint density at radius 3 is 2.24 bits per heavy atom. The highest BCUT2D eigenvalue weighted by Crippen LogP contribution is 2.41. The summed E-state index contributed by atoms with van der Waals surface area (Å²) < 4.78 is 13.5. The van der Waals surface area contributed by atoms with Gasteiger partial charge in [-0.25, -0.2) is 0 Å². The van der Waals surface area contributed by atoms with Crippen LogP contribution in [0.5, 0.6) is 0 Å². The highest BCUT2D eigenvalue weighted by Gasteiger charge is 2.50. The Hall–Kier alpha value is -6.05. The number of hydrogen-bond donors (Lipinski definition) is 5. The molecule has 3 atom stereocenters. The molecule has 0 saturated carbocycles. The molecule has 0 radical (unpaired) electrons. The standard InChI is InChI=1S/C51H58N6O6/c52-44-17-7-8-18-45(44)55-48(60)20-6-2-5-19-47(59)53-32-37-11-9-12-39(29-37)40-13-10-14-41(30-40)49-62-43(31-46(63-49)38-23-21-36(34-58)22-24-38)33-56-27-25-51(26-28-56)50(61)54-35-57(51)42-15-3-1-4-16-42/h1,3-4,7-18,21-24,29-30,43,46,49,58H,2,5-6,19-20,25-28,31-35,52H2,(H,53,59)(H,54,61)(H,55,60)/t43-,46+,49+/m0/s1. The summed E-state index contributed by atoms with van der Waals surface area (Å²) in [6.07, 6.45) is 4.10.